The van der Waals surface area contributed by atoms with Crippen LogP contribution < -0.4 is 4.90 Å². The molecular formula is C17H19Cl2N5O2S2. The van der Waals surface area contributed by atoms with Crippen molar-refractivity contribution in [2.45, 2.75) is 6.92 Å². The van der Waals surface area contributed by atoms with Crippen molar-refractivity contribution < 1.29 is 9.53 Å². The summed E-state index contributed by atoms with van der Waals surface area (Å²) in [5.41, 5.74) is 1.48. The maximum Gasteiger partial charge on any atom is 0.273 e. The number of hydrogen-bond donors (Lipinski definition) is 0. The molecule has 1 aliphatic heterocycles. The van der Waals surface area contributed by atoms with Gasteiger partial charge in [0.25, 0.3) is 5.91 Å². The number of aryl methyl sites for hydroxylation is 1. The third kappa shape index (κ3) is 4.61. The quantitative estimate of drug-likeness (QED) is 0.581. The van der Waals surface area contributed by atoms with Crippen molar-refractivity contribution in [3.05, 3.63) is 33.8 Å². The SMILES string of the molecule is Cc1nnsc1C(=O)N(CCN1CCOCC1)c1nc2ccc(Cl)cc2s1.Cl. The fraction of sp³-hybridized carbons (Fsp3) is 0.412. The summed E-state index contributed by atoms with van der Waals surface area (Å²) in [5.74, 6) is -0.110. The molecule has 0 aliphatic carbocycles. The fourth-order valence-electron chi connectivity index (χ4n) is 2.90. The second-order valence-electron chi connectivity index (χ2n) is 6.21. The molecule has 0 spiro atoms. The summed E-state index contributed by atoms with van der Waals surface area (Å²) < 4.78 is 10.3. The lowest BCUT2D eigenvalue weighted by atomic mass is 10.3. The van der Waals surface area contributed by atoms with Crippen LogP contribution in [0.5, 0.6) is 0 Å². The van der Waals surface area contributed by atoms with E-state index in [1.54, 1.807) is 11.8 Å². The standard InChI is InChI=1S/C17H18ClN5O2S2.ClH/c1-11-15(27-21-20-11)16(24)23(5-4-22-6-8-25-9-7-22)17-19-13-3-2-12(18)10-14(13)26-17;/h2-3,10H,4-9H2,1H3;1H. The maximum atomic E-state index is 13.2. The number of carbonyl (C=O) groups is 1. The summed E-state index contributed by atoms with van der Waals surface area (Å²) >= 11 is 8.69. The first-order chi connectivity index (χ1) is 13.1. The Labute approximate surface area is 181 Å². The van der Waals surface area contributed by atoms with Crippen molar-refractivity contribution in [2.75, 3.05) is 44.3 Å². The molecule has 0 unspecified atom stereocenters. The molecule has 0 saturated carbocycles. The van der Waals surface area contributed by atoms with Crippen LogP contribution in [-0.2, 0) is 4.74 Å². The number of fused-ring (bicyclic) bond motifs is 1. The zero-order valence-corrected chi connectivity index (χ0v) is 18.3. The van der Waals surface area contributed by atoms with E-state index in [1.165, 1.54) is 11.3 Å². The Morgan fingerprint density at radius 3 is 2.86 bits per heavy atom. The molecule has 0 radical (unpaired) electrons. The van der Waals surface area contributed by atoms with Crippen LogP contribution in [0.25, 0.3) is 10.2 Å². The van der Waals surface area contributed by atoms with Gasteiger partial charge in [0.1, 0.15) is 4.88 Å². The van der Waals surface area contributed by atoms with Crippen molar-refractivity contribution in [1.82, 2.24) is 19.5 Å². The number of amides is 1. The largest absolute Gasteiger partial charge is 0.379 e. The highest BCUT2D eigenvalue weighted by Crippen LogP contribution is 2.32. The summed E-state index contributed by atoms with van der Waals surface area (Å²) in [4.78, 5) is 22.4. The van der Waals surface area contributed by atoms with Gasteiger partial charge in [0.15, 0.2) is 5.13 Å². The Hall–Kier alpha value is -1.36. The Bertz CT molecular complexity index is 958. The molecule has 1 aromatic carbocycles. The number of rotatable bonds is 5. The van der Waals surface area contributed by atoms with E-state index in [2.05, 4.69) is 19.5 Å². The zero-order valence-electron chi connectivity index (χ0n) is 15.1. The van der Waals surface area contributed by atoms with Crippen LogP contribution >= 0.6 is 46.9 Å². The third-order valence-corrected chi connectivity index (χ3v) is 6.50. The average Bonchev–Trinajstić information content (AvgIpc) is 3.28. The van der Waals surface area contributed by atoms with E-state index < -0.39 is 0 Å². The van der Waals surface area contributed by atoms with Crippen LogP contribution in [0.2, 0.25) is 5.02 Å². The van der Waals surface area contributed by atoms with Gasteiger partial charge in [0, 0.05) is 31.2 Å². The van der Waals surface area contributed by atoms with Crippen molar-refractivity contribution in [1.29, 1.82) is 0 Å². The zero-order chi connectivity index (χ0) is 18.8. The van der Waals surface area contributed by atoms with E-state index in [9.17, 15) is 4.79 Å². The number of benzene rings is 1. The van der Waals surface area contributed by atoms with Gasteiger partial charge >= 0.3 is 0 Å². The molecule has 0 N–H and O–H groups in total. The van der Waals surface area contributed by atoms with Gasteiger partial charge in [-0.05, 0) is 36.7 Å². The van der Waals surface area contributed by atoms with Crippen LogP contribution in [0.3, 0.4) is 0 Å². The highest BCUT2D eigenvalue weighted by molar-refractivity contribution is 7.22. The maximum absolute atomic E-state index is 13.2. The predicted octanol–water partition coefficient (Wildman–Crippen LogP) is 3.51. The van der Waals surface area contributed by atoms with E-state index in [0.717, 1.165) is 54.6 Å². The summed E-state index contributed by atoms with van der Waals surface area (Å²) in [6.45, 7) is 6.31. The number of nitrogens with zero attached hydrogens (tertiary/aromatic N) is 5. The Balaban J connectivity index is 0.00000225. The molecule has 150 valence electrons. The molecule has 0 atom stereocenters. The molecule has 3 heterocycles. The molecule has 11 heteroatoms. The smallest absolute Gasteiger partial charge is 0.273 e. The molecule has 4 rings (SSSR count). The second-order valence-corrected chi connectivity index (χ2v) is 8.41. The van der Waals surface area contributed by atoms with Gasteiger partial charge in [-0.25, -0.2) is 4.98 Å². The Morgan fingerprint density at radius 2 is 2.14 bits per heavy atom. The van der Waals surface area contributed by atoms with Gasteiger partial charge in [-0.1, -0.05) is 27.4 Å². The van der Waals surface area contributed by atoms with E-state index in [0.29, 0.717) is 27.3 Å². The van der Waals surface area contributed by atoms with Crippen LogP contribution in [0.4, 0.5) is 5.13 Å². The van der Waals surface area contributed by atoms with E-state index in [4.69, 9.17) is 16.3 Å². The number of aromatic nitrogens is 3. The van der Waals surface area contributed by atoms with Gasteiger partial charge < -0.3 is 4.74 Å². The molecule has 2 aromatic heterocycles. The minimum atomic E-state index is -0.110. The summed E-state index contributed by atoms with van der Waals surface area (Å²) in [5, 5.41) is 5.30. The Kier molecular flexibility index (Phi) is 7.19. The van der Waals surface area contributed by atoms with Crippen LogP contribution in [0.1, 0.15) is 15.4 Å². The normalized spacial score (nSPS) is 14.8. The molecule has 1 aliphatic rings. The molecule has 1 saturated heterocycles. The third-order valence-electron chi connectivity index (χ3n) is 4.40. The number of carbonyl (C=O) groups excluding carboxylic acids is 1. The first-order valence-corrected chi connectivity index (χ1v) is 10.6. The van der Waals surface area contributed by atoms with E-state index in [-0.39, 0.29) is 18.3 Å². The highest BCUT2D eigenvalue weighted by Gasteiger charge is 2.25. The number of halogens is 2. The topological polar surface area (TPSA) is 71.5 Å². The highest BCUT2D eigenvalue weighted by atomic mass is 35.5. The molecular weight excluding hydrogens is 441 g/mol. The first-order valence-electron chi connectivity index (χ1n) is 8.59. The van der Waals surface area contributed by atoms with Gasteiger partial charge in [-0.2, -0.15) is 0 Å². The van der Waals surface area contributed by atoms with Crippen molar-refractivity contribution in [2.24, 2.45) is 0 Å². The number of morpholine rings is 1. The average molecular weight is 460 g/mol. The lowest BCUT2D eigenvalue weighted by Crippen LogP contribution is -2.43. The van der Waals surface area contributed by atoms with Gasteiger partial charge in [0.2, 0.25) is 0 Å². The van der Waals surface area contributed by atoms with Crippen LogP contribution in [0.15, 0.2) is 18.2 Å². The molecule has 0 bridgehead atoms. The van der Waals surface area contributed by atoms with E-state index >= 15 is 0 Å². The van der Waals surface area contributed by atoms with Gasteiger partial charge in [0.05, 0.1) is 29.1 Å². The number of hydrogen-bond acceptors (Lipinski definition) is 8. The van der Waals surface area contributed by atoms with Crippen molar-refractivity contribution in [3.8, 4) is 0 Å². The van der Waals surface area contributed by atoms with Crippen molar-refractivity contribution >= 4 is 68.1 Å². The minimum Gasteiger partial charge on any atom is -0.379 e. The van der Waals surface area contributed by atoms with Crippen molar-refractivity contribution in [3.63, 3.8) is 0 Å². The lowest BCUT2D eigenvalue weighted by Gasteiger charge is -2.29. The fourth-order valence-corrected chi connectivity index (χ4v) is 4.77. The van der Waals surface area contributed by atoms with Gasteiger partial charge in [-0.15, -0.1) is 17.5 Å². The van der Waals surface area contributed by atoms with Crippen LogP contribution in [0, 0.1) is 6.92 Å². The summed E-state index contributed by atoms with van der Waals surface area (Å²) in [6, 6.07) is 5.56. The van der Waals surface area contributed by atoms with Gasteiger partial charge in [-0.3, -0.25) is 14.6 Å². The lowest BCUT2D eigenvalue weighted by molar-refractivity contribution is 0.0391. The number of anilines is 1. The number of ether oxygens (including phenoxy) is 1. The molecule has 7 nitrogen and oxygen atoms in total. The molecule has 3 aromatic rings. The van der Waals surface area contributed by atoms with E-state index in [1.807, 2.05) is 18.2 Å². The van der Waals surface area contributed by atoms with Crippen LogP contribution in [-0.4, -0.2) is 64.8 Å². The summed E-state index contributed by atoms with van der Waals surface area (Å²) in [7, 11) is 0. The Morgan fingerprint density at radius 1 is 1.36 bits per heavy atom. The molecule has 28 heavy (non-hydrogen) atoms. The molecule has 1 amide bonds. The second kappa shape index (κ2) is 9.43. The predicted molar refractivity (Wildman–Crippen MR) is 115 cm³/mol. The number of thiazole rings is 1. The summed E-state index contributed by atoms with van der Waals surface area (Å²) in [6.07, 6.45) is 0. The monoisotopic (exact) mass is 459 g/mol. The minimum absolute atomic E-state index is 0. The molecule has 1 fully saturated rings. The first kappa shape index (κ1) is 21.4.